The van der Waals surface area contributed by atoms with Gasteiger partial charge < -0.3 is 9.47 Å². The van der Waals surface area contributed by atoms with Crippen molar-refractivity contribution in [1.29, 1.82) is 0 Å². The normalized spacial score (nSPS) is 14.8. The van der Waals surface area contributed by atoms with E-state index in [1.165, 1.54) is 13.2 Å². The molecule has 0 aliphatic carbocycles. The Morgan fingerprint density at radius 3 is 2.47 bits per heavy atom. The molecule has 0 radical (unpaired) electrons. The zero-order valence-electron chi connectivity index (χ0n) is 20.3. The fourth-order valence-electron chi connectivity index (χ4n) is 3.94. The minimum atomic E-state index is -0.800. The monoisotopic (exact) mass is 504 g/mol. The second-order valence-electron chi connectivity index (χ2n) is 8.49. The number of amides is 4. The van der Waals surface area contributed by atoms with Crippen LogP contribution in [0.1, 0.15) is 27.8 Å². The van der Waals surface area contributed by atoms with Crippen molar-refractivity contribution in [3.05, 3.63) is 93.0 Å². The minimum Gasteiger partial charge on any atom is -0.493 e. The number of halogens is 1. The first-order valence-electron chi connectivity index (χ1n) is 11.2. The Bertz CT molecular complexity index is 1410. The van der Waals surface area contributed by atoms with Gasteiger partial charge in [0.2, 0.25) is 0 Å². The van der Waals surface area contributed by atoms with Crippen LogP contribution in [0.3, 0.4) is 0 Å². The van der Waals surface area contributed by atoms with Crippen LogP contribution in [-0.4, -0.2) is 25.0 Å². The number of rotatable bonds is 6. The van der Waals surface area contributed by atoms with Crippen molar-refractivity contribution in [3.63, 3.8) is 0 Å². The molecule has 0 unspecified atom stereocenters. The highest BCUT2D eigenvalue weighted by atomic mass is 35.5. The predicted molar refractivity (Wildman–Crippen MR) is 138 cm³/mol. The third-order valence-corrected chi connectivity index (χ3v) is 6.23. The van der Waals surface area contributed by atoms with E-state index in [2.05, 4.69) is 5.32 Å². The summed E-state index contributed by atoms with van der Waals surface area (Å²) in [5.41, 5.74) is 4.39. The Hall–Kier alpha value is -4.10. The lowest BCUT2D eigenvalue weighted by molar-refractivity contribution is -0.122. The molecule has 0 bridgehead atoms. The standard InChI is InChI=1S/C28H25ClN2O5/c1-16-7-5-9-19(11-16)15-36-25-22(29)13-20(14-24(25)35-4)12-21-26(32)30-28(34)31(27(21)33)23-10-6-8-17(2)18(23)3/h5-14H,15H2,1-4H3,(H,30,32,34)/b21-12+. The predicted octanol–water partition coefficient (Wildman–Crippen LogP) is 5.52. The summed E-state index contributed by atoms with van der Waals surface area (Å²) >= 11 is 6.50. The summed E-state index contributed by atoms with van der Waals surface area (Å²) in [6, 6.07) is 15.6. The number of carbonyl (C=O) groups is 3. The van der Waals surface area contributed by atoms with Gasteiger partial charge in [-0.2, -0.15) is 0 Å². The molecule has 1 fully saturated rings. The summed E-state index contributed by atoms with van der Waals surface area (Å²) < 4.78 is 11.4. The van der Waals surface area contributed by atoms with Gasteiger partial charge in [0, 0.05) is 0 Å². The lowest BCUT2D eigenvalue weighted by atomic mass is 10.0. The van der Waals surface area contributed by atoms with Crippen molar-refractivity contribution in [3.8, 4) is 11.5 Å². The number of hydrogen-bond donors (Lipinski definition) is 1. The van der Waals surface area contributed by atoms with E-state index in [4.69, 9.17) is 21.1 Å². The van der Waals surface area contributed by atoms with Crippen molar-refractivity contribution in [1.82, 2.24) is 5.32 Å². The van der Waals surface area contributed by atoms with Gasteiger partial charge in [-0.1, -0.05) is 53.6 Å². The average Bonchev–Trinajstić information content (AvgIpc) is 2.83. The quantitative estimate of drug-likeness (QED) is 0.353. The van der Waals surface area contributed by atoms with Crippen LogP contribution in [0.25, 0.3) is 6.08 Å². The number of imide groups is 2. The molecule has 36 heavy (non-hydrogen) atoms. The Labute approximate surface area is 214 Å². The summed E-state index contributed by atoms with van der Waals surface area (Å²) in [6.45, 7) is 5.97. The van der Waals surface area contributed by atoms with Crippen LogP contribution < -0.4 is 19.7 Å². The highest BCUT2D eigenvalue weighted by Gasteiger charge is 2.37. The molecule has 4 amide bonds. The number of benzene rings is 3. The van der Waals surface area contributed by atoms with Crippen LogP contribution in [0.5, 0.6) is 11.5 Å². The van der Waals surface area contributed by atoms with Gasteiger partial charge in [-0.3, -0.25) is 14.9 Å². The highest BCUT2D eigenvalue weighted by molar-refractivity contribution is 6.39. The topological polar surface area (TPSA) is 84.9 Å². The maximum absolute atomic E-state index is 13.3. The van der Waals surface area contributed by atoms with Crippen molar-refractivity contribution in [2.45, 2.75) is 27.4 Å². The van der Waals surface area contributed by atoms with Gasteiger partial charge in [0.25, 0.3) is 11.8 Å². The van der Waals surface area contributed by atoms with Crippen molar-refractivity contribution < 1.29 is 23.9 Å². The SMILES string of the molecule is COc1cc(/C=C2\C(=O)NC(=O)N(c3cccc(C)c3C)C2=O)cc(Cl)c1OCc1cccc(C)c1. The molecule has 0 spiro atoms. The fourth-order valence-corrected chi connectivity index (χ4v) is 4.22. The largest absolute Gasteiger partial charge is 0.493 e. The van der Waals surface area contributed by atoms with E-state index in [9.17, 15) is 14.4 Å². The maximum Gasteiger partial charge on any atom is 0.335 e. The number of aryl methyl sites for hydroxylation is 2. The highest BCUT2D eigenvalue weighted by Crippen LogP contribution is 2.38. The number of ether oxygens (including phenoxy) is 2. The van der Waals surface area contributed by atoms with Crippen LogP contribution in [-0.2, 0) is 16.2 Å². The van der Waals surface area contributed by atoms with Gasteiger partial charge in [0.1, 0.15) is 12.2 Å². The number of nitrogens with one attached hydrogen (secondary N) is 1. The van der Waals surface area contributed by atoms with E-state index in [1.807, 2.05) is 51.1 Å². The number of carbonyl (C=O) groups excluding carboxylic acids is 3. The van der Waals surface area contributed by atoms with Gasteiger partial charge in [-0.15, -0.1) is 0 Å². The van der Waals surface area contributed by atoms with Crippen LogP contribution in [0.2, 0.25) is 5.02 Å². The molecule has 1 heterocycles. The summed E-state index contributed by atoms with van der Waals surface area (Å²) in [6.07, 6.45) is 1.38. The first-order chi connectivity index (χ1) is 17.2. The fraction of sp³-hybridized carbons (Fsp3) is 0.179. The molecule has 184 valence electrons. The Balaban J connectivity index is 1.66. The van der Waals surface area contributed by atoms with E-state index in [0.29, 0.717) is 22.7 Å². The molecule has 4 rings (SSSR count). The molecule has 3 aromatic rings. The smallest absolute Gasteiger partial charge is 0.335 e. The second kappa shape index (κ2) is 10.3. The van der Waals surface area contributed by atoms with E-state index in [1.54, 1.807) is 24.3 Å². The molecule has 8 heteroatoms. The molecule has 0 saturated carbocycles. The molecule has 7 nitrogen and oxygen atoms in total. The molecule has 1 aliphatic rings. The van der Waals surface area contributed by atoms with Gasteiger partial charge >= 0.3 is 6.03 Å². The Kier molecular flexibility index (Phi) is 7.12. The van der Waals surface area contributed by atoms with Gasteiger partial charge in [-0.25, -0.2) is 9.69 Å². The van der Waals surface area contributed by atoms with Crippen LogP contribution in [0.4, 0.5) is 10.5 Å². The molecule has 1 aliphatic heterocycles. The van der Waals surface area contributed by atoms with E-state index >= 15 is 0 Å². The third kappa shape index (κ3) is 4.97. The van der Waals surface area contributed by atoms with Gasteiger partial charge in [0.15, 0.2) is 11.5 Å². The van der Waals surface area contributed by atoms with Crippen molar-refractivity contribution >= 4 is 41.2 Å². The zero-order valence-corrected chi connectivity index (χ0v) is 21.1. The lowest BCUT2D eigenvalue weighted by Crippen LogP contribution is -2.54. The number of barbiturate groups is 1. The third-order valence-electron chi connectivity index (χ3n) is 5.95. The van der Waals surface area contributed by atoms with E-state index < -0.39 is 17.8 Å². The van der Waals surface area contributed by atoms with Gasteiger partial charge in [-0.05, 0) is 67.3 Å². The van der Waals surface area contributed by atoms with Crippen LogP contribution in [0.15, 0.2) is 60.2 Å². The summed E-state index contributed by atoms with van der Waals surface area (Å²) in [4.78, 5) is 39.4. The van der Waals surface area contributed by atoms with Gasteiger partial charge in [0.05, 0.1) is 17.8 Å². The summed E-state index contributed by atoms with van der Waals surface area (Å²) in [5.74, 6) is -0.837. The molecular formula is C28H25ClN2O5. The number of urea groups is 1. The minimum absolute atomic E-state index is 0.206. The zero-order chi connectivity index (χ0) is 26.0. The first-order valence-corrected chi connectivity index (χ1v) is 11.6. The number of hydrogen-bond acceptors (Lipinski definition) is 5. The first kappa shape index (κ1) is 25.0. The summed E-state index contributed by atoms with van der Waals surface area (Å²) in [5, 5.41) is 2.49. The second-order valence-corrected chi connectivity index (χ2v) is 8.90. The molecular weight excluding hydrogens is 480 g/mol. The average molecular weight is 505 g/mol. The number of nitrogens with zero attached hydrogens (tertiary/aromatic N) is 1. The van der Waals surface area contributed by atoms with Crippen molar-refractivity contribution in [2.75, 3.05) is 12.0 Å². The summed E-state index contributed by atoms with van der Waals surface area (Å²) in [7, 11) is 1.47. The number of anilines is 1. The molecule has 0 atom stereocenters. The maximum atomic E-state index is 13.3. The van der Waals surface area contributed by atoms with E-state index in [-0.39, 0.29) is 17.2 Å². The van der Waals surface area contributed by atoms with E-state index in [0.717, 1.165) is 27.2 Å². The number of methoxy groups -OCH3 is 1. The van der Waals surface area contributed by atoms with Crippen molar-refractivity contribution in [2.24, 2.45) is 0 Å². The molecule has 3 aromatic carbocycles. The Morgan fingerprint density at radius 2 is 1.75 bits per heavy atom. The lowest BCUT2D eigenvalue weighted by Gasteiger charge is -2.28. The molecule has 1 N–H and O–H groups in total. The van der Waals surface area contributed by atoms with Crippen LogP contribution >= 0.6 is 11.6 Å². The van der Waals surface area contributed by atoms with Crippen LogP contribution in [0, 0.1) is 20.8 Å². The molecule has 0 aromatic heterocycles. The molecule has 1 saturated heterocycles. The Morgan fingerprint density at radius 1 is 1.00 bits per heavy atom.